The number of pyridine rings is 1. The minimum atomic E-state index is -0.257. The van der Waals surface area contributed by atoms with Gasteiger partial charge < -0.3 is 15.0 Å². The van der Waals surface area contributed by atoms with Crippen LogP contribution in [0, 0.1) is 0 Å². The van der Waals surface area contributed by atoms with E-state index < -0.39 is 0 Å². The number of H-pyrrole nitrogens is 1. The third kappa shape index (κ3) is 3.60. The van der Waals surface area contributed by atoms with E-state index in [2.05, 4.69) is 22.1 Å². The van der Waals surface area contributed by atoms with Crippen LogP contribution in [0.5, 0.6) is 0 Å². The average molecular weight is 315 g/mol. The summed E-state index contributed by atoms with van der Waals surface area (Å²) in [6.45, 7) is 5.84. The molecule has 23 heavy (non-hydrogen) atoms. The third-order valence-corrected chi connectivity index (χ3v) is 4.23. The van der Waals surface area contributed by atoms with Crippen molar-refractivity contribution in [1.29, 1.82) is 0 Å². The van der Waals surface area contributed by atoms with Gasteiger partial charge in [0.05, 0.1) is 13.2 Å². The Balaban J connectivity index is 1.67. The largest absolute Gasteiger partial charge is 0.379 e. The first-order chi connectivity index (χ1) is 11.1. The normalized spacial score (nSPS) is 17.1. The molecule has 0 radical (unpaired) electrons. The highest BCUT2D eigenvalue weighted by atomic mass is 16.5. The van der Waals surface area contributed by atoms with E-state index in [9.17, 15) is 9.59 Å². The van der Waals surface area contributed by atoms with Crippen LogP contribution in [-0.4, -0.2) is 54.7 Å². The van der Waals surface area contributed by atoms with Gasteiger partial charge in [-0.2, -0.15) is 0 Å². The average Bonchev–Trinajstić information content (AvgIpc) is 2.60. The molecule has 3 rings (SSSR count). The molecule has 0 saturated carbocycles. The molecular weight excluding hydrogens is 294 g/mol. The van der Waals surface area contributed by atoms with Gasteiger partial charge in [-0.25, -0.2) is 0 Å². The summed E-state index contributed by atoms with van der Waals surface area (Å²) in [7, 11) is 0. The molecular formula is C17H21N3O3. The van der Waals surface area contributed by atoms with Crippen LogP contribution >= 0.6 is 0 Å². The van der Waals surface area contributed by atoms with Gasteiger partial charge in [-0.05, 0) is 24.4 Å². The molecule has 2 aromatic rings. The molecule has 0 unspecified atom stereocenters. The maximum atomic E-state index is 12.3. The van der Waals surface area contributed by atoms with Crippen molar-refractivity contribution in [3.63, 3.8) is 0 Å². The lowest BCUT2D eigenvalue weighted by Crippen LogP contribution is -2.47. The number of nitrogens with one attached hydrogen (secondary N) is 2. The Morgan fingerprint density at radius 3 is 2.87 bits per heavy atom. The molecule has 1 fully saturated rings. The number of aromatic amines is 1. The van der Waals surface area contributed by atoms with Crippen LogP contribution in [0.25, 0.3) is 10.8 Å². The zero-order chi connectivity index (χ0) is 16.2. The molecule has 2 heterocycles. The molecule has 1 saturated heterocycles. The molecule has 6 nitrogen and oxygen atoms in total. The number of hydrogen-bond donors (Lipinski definition) is 2. The second-order valence-electron chi connectivity index (χ2n) is 5.81. The maximum absolute atomic E-state index is 12.3. The van der Waals surface area contributed by atoms with Gasteiger partial charge in [0.2, 0.25) is 0 Å². The number of benzene rings is 1. The number of aromatic nitrogens is 1. The number of fused-ring (bicyclic) bond motifs is 1. The standard InChI is InChI=1S/C17H21N3O3/c1-12(20-6-8-23-9-7-20)11-18-17(22)15-10-13-4-2-3-5-14(13)16(21)19-15/h2-5,10,12H,6-9,11H2,1H3,(H,18,22)(H,19,21)/t12-/m1/s1. The predicted molar refractivity (Wildman–Crippen MR) is 88.8 cm³/mol. The first-order valence-corrected chi connectivity index (χ1v) is 7.87. The molecule has 0 bridgehead atoms. The van der Waals surface area contributed by atoms with Crippen LogP contribution in [0.15, 0.2) is 35.1 Å². The van der Waals surface area contributed by atoms with Crippen molar-refractivity contribution in [3.05, 3.63) is 46.4 Å². The van der Waals surface area contributed by atoms with E-state index in [0.717, 1.165) is 31.7 Å². The van der Waals surface area contributed by atoms with E-state index in [1.165, 1.54) is 0 Å². The number of nitrogens with zero attached hydrogens (tertiary/aromatic N) is 1. The second-order valence-corrected chi connectivity index (χ2v) is 5.81. The van der Waals surface area contributed by atoms with Gasteiger partial charge in [-0.3, -0.25) is 14.5 Å². The number of morpholine rings is 1. The van der Waals surface area contributed by atoms with E-state index in [1.807, 2.05) is 12.1 Å². The zero-order valence-electron chi connectivity index (χ0n) is 13.2. The summed E-state index contributed by atoms with van der Waals surface area (Å²) in [5, 5.41) is 4.25. The number of amides is 1. The molecule has 6 heteroatoms. The van der Waals surface area contributed by atoms with Crippen molar-refractivity contribution in [2.45, 2.75) is 13.0 Å². The molecule has 1 aromatic carbocycles. The number of carbonyl (C=O) groups excluding carboxylic acids is 1. The quantitative estimate of drug-likeness (QED) is 0.882. The van der Waals surface area contributed by atoms with Gasteiger partial charge in [0, 0.05) is 31.1 Å². The van der Waals surface area contributed by atoms with Crippen LogP contribution in [0.2, 0.25) is 0 Å². The fourth-order valence-corrected chi connectivity index (χ4v) is 2.82. The minimum Gasteiger partial charge on any atom is -0.379 e. The zero-order valence-corrected chi connectivity index (χ0v) is 13.2. The summed E-state index contributed by atoms with van der Waals surface area (Å²) in [4.78, 5) is 29.3. The summed E-state index contributed by atoms with van der Waals surface area (Å²) in [6, 6.07) is 9.18. The molecule has 2 N–H and O–H groups in total. The fourth-order valence-electron chi connectivity index (χ4n) is 2.82. The first kappa shape index (κ1) is 15.7. The van der Waals surface area contributed by atoms with E-state index in [4.69, 9.17) is 4.74 Å². The number of carbonyl (C=O) groups is 1. The van der Waals surface area contributed by atoms with E-state index in [0.29, 0.717) is 17.6 Å². The van der Waals surface area contributed by atoms with Gasteiger partial charge in [0.15, 0.2) is 0 Å². The van der Waals surface area contributed by atoms with E-state index >= 15 is 0 Å². The van der Waals surface area contributed by atoms with Crippen molar-refractivity contribution in [2.24, 2.45) is 0 Å². The van der Waals surface area contributed by atoms with E-state index in [-0.39, 0.29) is 17.5 Å². The van der Waals surface area contributed by atoms with Crippen LogP contribution in [-0.2, 0) is 4.74 Å². The van der Waals surface area contributed by atoms with Crippen molar-refractivity contribution in [1.82, 2.24) is 15.2 Å². The lowest BCUT2D eigenvalue weighted by Gasteiger charge is -2.32. The minimum absolute atomic E-state index is 0.232. The fraction of sp³-hybridized carbons (Fsp3) is 0.412. The SMILES string of the molecule is C[C@H](CNC(=O)c1cc2ccccc2c(=O)[nH]1)N1CCOCC1. The highest BCUT2D eigenvalue weighted by Crippen LogP contribution is 2.10. The van der Waals surface area contributed by atoms with Crippen LogP contribution in [0.3, 0.4) is 0 Å². The van der Waals surface area contributed by atoms with Gasteiger partial charge in [0.1, 0.15) is 5.69 Å². The van der Waals surface area contributed by atoms with Gasteiger partial charge >= 0.3 is 0 Å². The van der Waals surface area contributed by atoms with Crippen LogP contribution in [0.1, 0.15) is 17.4 Å². The van der Waals surface area contributed by atoms with Gasteiger partial charge in [-0.15, -0.1) is 0 Å². The van der Waals surface area contributed by atoms with Crippen molar-refractivity contribution < 1.29 is 9.53 Å². The summed E-state index contributed by atoms with van der Waals surface area (Å²) in [5.41, 5.74) is 0.0531. The first-order valence-electron chi connectivity index (χ1n) is 7.87. The molecule has 1 amide bonds. The van der Waals surface area contributed by atoms with Crippen LogP contribution in [0.4, 0.5) is 0 Å². The highest BCUT2D eigenvalue weighted by molar-refractivity contribution is 5.96. The molecule has 1 atom stereocenters. The maximum Gasteiger partial charge on any atom is 0.267 e. The molecule has 1 aliphatic rings. The Hall–Kier alpha value is -2.18. The Morgan fingerprint density at radius 2 is 2.09 bits per heavy atom. The van der Waals surface area contributed by atoms with Gasteiger partial charge in [-0.1, -0.05) is 18.2 Å². The number of rotatable bonds is 4. The lowest BCUT2D eigenvalue weighted by atomic mass is 10.1. The summed E-state index contributed by atoms with van der Waals surface area (Å²) >= 11 is 0. The second kappa shape index (κ2) is 6.93. The monoisotopic (exact) mass is 315 g/mol. The predicted octanol–water partition coefficient (Wildman–Crippen LogP) is 0.979. The number of hydrogen-bond acceptors (Lipinski definition) is 4. The third-order valence-electron chi connectivity index (χ3n) is 4.23. The number of ether oxygens (including phenoxy) is 1. The summed E-state index contributed by atoms with van der Waals surface area (Å²) in [6.07, 6.45) is 0. The van der Waals surface area contributed by atoms with Crippen molar-refractivity contribution in [2.75, 3.05) is 32.8 Å². The van der Waals surface area contributed by atoms with E-state index in [1.54, 1.807) is 18.2 Å². The lowest BCUT2D eigenvalue weighted by molar-refractivity contribution is 0.0204. The molecule has 122 valence electrons. The summed E-state index contributed by atoms with van der Waals surface area (Å²) in [5.74, 6) is -0.257. The van der Waals surface area contributed by atoms with Crippen molar-refractivity contribution in [3.8, 4) is 0 Å². The Kier molecular flexibility index (Phi) is 4.73. The molecule has 0 aliphatic carbocycles. The van der Waals surface area contributed by atoms with Gasteiger partial charge in [0.25, 0.3) is 11.5 Å². The van der Waals surface area contributed by atoms with Crippen molar-refractivity contribution >= 4 is 16.7 Å². The Labute approximate surface area is 134 Å². The Bertz CT molecular complexity index is 750. The smallest absolute Gasteiger partial charge is 0.267 e. The molecule has 1 aromatic heterocycles. The molecule has 0 spiro atoms. The molecule has 1 aliphatic heterocycles. The topological polar surface area (TPSA) is 74.4 Å². The Morgan fingerprint density at radius 1 is 1.35 bits per heavy atom. The van der Waals surface area contributed by atoms with Crippen LogP contribution < -0.4 is 10.9 Å². The summed E-state index contributed by atoms with van der Waals surface area (Å²) < 4.78 is 5.33. The highest BCUT2D eigenvalue weighted by Gasteiger charge is 2.18.